The molecular weight excluding hydrogens is 282 g/mol. The molecule has 0 radical (unpaired) electrons. The number of hydrogen-bond donors (Lipinski definition) is 1. The van der Waals surface area contributed by atoms with E-state index < -0.39 is 0 Å². The smallest absolute Gasteiger partial charge is 0.146 e. The summed E-state index contributed by atoms with van der Waals surface area (Å²) in [6.07, 6.45) is 1.07. The lowest BCUT2D eigenvalue weighted by atomic mass is 9.98. The lowest BCUT2D eigenvalue weighted by molar-refractivity contribution is 0.470. The fourth-order valence-corrected chi connectivity index (χ4v) is 2.43. The highest BCUT2D eigenvalue weighted by atomic mass is 35.5. The summed E-state index contributed by atoms with van der Waals surface area (Å²) in [5.74, 6) is 1.97. The van der Waals surface area contributed by atoms with Gasteiger partial charge in [-0.1, -0.05) is 49.7 Å². The Labute approximate surface area is 131 Å². The number of ether oxygens (including phenoxy) is 1. The van der Waals surface area contributed by atoms with E-state index in [4.69, 9.17) is 22.1 Å². The second-order valence-electron chi connectivity index (χ2n) is 5.43. The van der Waals surface area contributed by atoms with Crippen LogP contribution in [-0.4, -0.2) is 0 Å². The number of rotatable bonds is 5. The minimum Gasteiger partial charge on any atom is -0.456 e. The molecule has 2 nitrogen and oxygen atoms in total. The van der Waals surface area contributed by atoms with E-state index in [0.29, 0.717) is 16.7 Å². The minimum atomic E-state index is -0.0380. The van der Waals surface area contributed by atoms with E-state index in [-0.39, 0.29) is 6.04 Å². The van der Waals surface area contributed by atoms with Crippen LogP contribution in [0.1, 0.15) is 50.3 Å². The Morgan fingerprint density at radius 3 is 2.43 bits per heavy atom. The quantitative estimate of drug-likeness (QED) is 0.773. The summed E-state index contributed by atoms with van der Waals surface area (Å²) in [6, 6.07) is 13.8. The highest BCUT2D eigenvalue weighted by Gasteiger charge is 2.12. The van der Waals surface area contributed by atoms with Crippen molar-refractivity contribution in [3.63, 3.8) is 0 Å². The van der Waals surface area contributed by atoms with Crippen LogP contribution < -0.4 is 10.5 Å². The molecule has 0 bridgehead atoms. The van der Waals surface area contributed by atoms with Gasteiger partial charge in [0.05, 0.1) is 5.02 Å². The average molecular weight is 304 g/mol. The summed E-state index contributed by atoms with van der Waals surface area (Å²) in [6.45, 7) is 6.30. The molecule has 0 aliphatic heterocycles. The summed E-state index contributed by atoms with van der Waals surface area (Å²) >= 11 is 6.31. The maximum absolute atomic E-state index is 6.31. The van der Waals surface area contributed by atoms with Crippen molar-refractivity contribution < 1.29 is 4.74 Å². The van der Waals surface area contributed by atoms with Gasteiger partial charge >= 0.3 is 0 Å². The van der Waals surface area contributed by atoms with Crippen molar-refractivity contribution in [2.24, 2.45) is 5.73 Å². The van der Waals surface area contributed by atoms with Gasteiger partial charge < -0.3 is 10.5 Å². The third-order valence-corrected chi connectivity index (χ3v) is 4.06. The molecule has 0 aliphatic carbocycles. The number of nitrogens with two attached hydrogens (primary N) is 1. The van der Waals surface area contributed by atoms with Crippen LogP contribution in [0.4, 0.5) is 0 Å². The highest BCUT2D eigenvalue weighted by Crippen LogP contribution is 2.35. The van der Waals surface area contributed by atoms with E-state index >= 15 is 0 Å². The maximum Gasteiger partial charge on any atom is 0.146 e. The van der Waals surface area contributed by atoms with E-state index in [1.807, 2.05) is 43.3 Å². The topological polar surface area (TPSA) is 35.2 Å². The van der Waals surface area contributed by atoms with Gasteiger partial charge in [-0.15, -0.1) is 0 Å². The molecule has 0 aromatic heterocycles. The number of para-hydroxylation sites is 1. The Morgan fingerprint density at radius 1 is 1.10 bits per heavy atom. The molecule has 0 fully saturated rings. The number of benzene rings is 2. The van der Waals surface area contributed by atoms with Gasteiger partial charge in [-0.3, -0.25) is 0 Å². The molecule has 0 spiro atoms. The van der Waals surface area contributed by atoms with Crippen LogP contribution in [0.25, 0.3) is 0 Å². The van der Waals surface area contributed by atoms with Crippen LogP contribution in [0.15, 0.2) is 42.5 Å². The largest absolute Gasteiger partial charge is 0.456 e. The predicted molar refractivity (Wildman–Crippen MR) is 89.3 cm³/mol. The summed E-state index contributed by atoms with van der Waals surface area (Å²) in [5.41, 5.74) is 8.07. The van der Waals surface area contributed by atoms with Gasteiger partial charge in [-0.05, 0) is 48.6 Å². The Balaban J connectivity index is 2.30. The molecule has 2 atom stereocenters. The van der Waals surface area contributed by atoms with Crippen molar-refractivity contribution >= 4 is 11.6 Å². The maximum atomic E-state index is 6.31. The van der Waals surface area contributed by atoms with Gasteiger partial charge in [-0.2, -0.15) is 0 Å². The van der Waals surface area contributed by atoms with Crippen LogP contribution in [0.3, 0.4) is 0 Å². The van der Waals surface area contributed by atoms with Crippen LogP contribution in [0, 0.1) is 0 Å². The first-order valence-electron chi connectivity index (χ1n) is 7.34. The van der Waals surface area contributed by atoms with Crippen molar-refractivity contribution in [2.75, 3.05) is 0 Å². The van der Waals surface area contributed by atoms with Gasteiger partial charge in [0.15, 0.2) is 0 Å². The number of hydrogen-bond acceptors (Lipinski definition) is 2. The Hall–Kier alpha value is -1.51. The second-order valence-corrected chi connectivity index (χ2v) is 5.83. The van der Waals surface area contributed by atoms with Gasteiger partial charge in [0.25, 0.3) is 0 Å². The van der Waals surface area contributed by atoms with Gasteiger partial charge in [0.2, 0.25) is 0 Å². The van der Waals surface area contributed by atoms with Gasteiger partial charge in [0.1, 0.15) is 11.5 Å². The molecule has 112 valence electrons. The molecule has 2 rings (SSSR count). The van der Waals surface area contributed by atoms with E-state index in [1.165, 1.54) is 5.56 Å². The lowest BCUT2D eigenvalue weighted by Gasteiger charge is -2.16. The van der Waals surface area contributed by atoms with Crippen LogP contribution in [-0.2, 0) is 0 Å². The molecule has 0 aliphatic rings. The van der Waals surface area contributed by atoms with Crippen molar-refractivity contribution in [1.82, 2.24) is 0 Å². The highest BCUT2D eigenvalue weighted by molar-refractivity contribution is 6.32. The molecule has 3 heteroatoms. The SMILES string of the molecule is CCC(C)c1ccccc1Oc1ccc([C@@H](C)N)cc1Cl. The first kappa shape index (κ1) is 15.9. The first-order chi connectivity index (χ1) is 10.0. The van der Waals surface area contributed by atoms with Gasteiger partial charge in [0, 0.05) is 6.04 Å². The van der Waals surface area contributed by atoms with E-state index in [9.17, 15) is 0 Å². The molecule has 0 amide bonds. The molecule has 2 aromatic rings. The molecule has 0 saturated heterocycles. The summed E-state index contributed by atoms with van der Waals surface area (Å²) in [5, 5.41) is 0.587. The fourth-order valence-electron chi connectivity index (χ4n) is 2.20. The first-order valence-corrected chi connectivity index (χ1v) is 7.72. The van der Waals surface area contributed by atoms with Crippen molar-refractivity contribution in [3.8, 4) is 11.5 Å². The second kappa shape index (κ2) is 6.97. The zero-order valence-electron chi connectivity index (χ0n) is 12.8. The van der Waals surface area contributed by atoms with Crippen molar-refractivity contribution in [2.45, 2.75) is 39.2 Å². The van der Waals surface area contributed by atoms with Crippen LogP contribution in [0.2, 0.25) is 5.02 Å². The zero-order chi connectivity index (χ0) is 15.4. The third-order valence-electron chi connectivity index (χ3n) is 3.76. The summed E-state index contributed by atoms with van der Waals surface area (Å²) in [4.78, 5) is 0. The van der Waals surface area contributed by atoms with Crippen molar-refractivity contribution in [3.05, 3.63) is 58.6 Å². The van der Waals surface area contributed by atoms with E-state index in [1.54, 1.807) is 0 Å². The fraction of sp³-hybridized carbons (Fsp3) is 0.333. The molecule has 21 heavy (non-hydrogen) atoms. The van der Waals surface area contributed by atoms with Crippen molar-refractivity contribution in [1.29, 1.82) is 0 Å². The van der Waals surface area contributed by atoms with Gasteiger partial charge in [-0.25, -0.2) is 0 Å². The van der Waals surface area contributed by atoms with E-state index in [0.717, 1.165) is 17.7 Å². The Morgan fingerprint density at radius 2 is 1.81 bits per heavy atom. The van der Waals surface area contributed by atoms with Crippen LogP contribution >= 0.6 is 11.6 Å². The Bertz CT molecular complexity index is 610. The molecule has 0 saturated carbocycles. The summed E-state index contributed by atoms with van der Waals surface area (Å²) < 4.78 is 6.03. The molecule has 0 heterocycles. The summed E-state index contributed by atoms with van der Waals surface area (Å²) in [7, 11) is 0. The average Bonchev–Trinajstić information content (AvgIpc) is 2.49. The molecular formula is C18H22ClNO. The molecule has 1 unspecified atom stereocenters. The van der Waals surface area contributed by atoms with E-state index in [2.05, 4.69) is 19.9 Å². The minimum absolute atomic E-state index is 0.0380. The standard InChI is InChI=1S/C18H22ClNO/c1-4-12(2)15-7-5-6-8-17(15)21-18-10-9-14(13(3)20)11-16(18)19/h5-13H,4,20H2,1-3H3/t12?,13-/m1/s1. The predicted octanol–water partition coefficient (Wildman–Crippen LogP) is 5.67. The molecule has 2 aromatic carbocycles. The third kappa shape index (κ3) is 3.78. The number of halogens is 1. The monoisotopic (exact) mass is 303 g/mol. The molecule has 2 N–H and O–H groups in total. The normalized spacial score (nSPS) is 13.8. The van der Waals surface area contributed by atoms with Crippen LogP contribution in [0.5, 0.6) is 11.5 Å². The Kier molecular flexibility index (Phi) is 5.27. The zero-order valence-corrected chi connectivity index (χ0v) is 13.5. The lowest BCUT2D eigenvalue weighted by Crippen LogP contribution is -2.04.